The maximum Gasteiger partial charge on any atom is 0.0532 e. The van der Waals surface area contributed by atoms with Gasteiger partial charge in [-0.05, 0) is 63.5 Å². The van der Waals surface area contributed by atoms with Crippen LogP contribution in [0.25, 0.3) is 0 Å². The highest BCUT2D eigenvalue weighted by Crippen LogP contribution is 2.40. The number of fused-ring (bicyclic) bond motifs is 1. The summed E-state index contributed by atoms with van der Waals surface area (Å²) in [7, 11) is 0. The van der Waals surface area contributed by atoms with Crippen LogP contribution in [-0.2, 0) is 6.42 Å². The van der Waals surface area contributed by atoms with Crippen LogP contribution in [0.4, 0.5) is 5.69 Å². The zero-order chi connectivity index (χ0) is 15.0. The van der Waals surface area contributed by atoms with Crippen molar-refractivity contribution in [1.29, 1.82) is 0 Å². The van der Waals surface area contributed by atoms with Gasteiger partial charge >= 0.3 is 0 Å². The quantitative estimate of drug-likeness (QED) is 0.657. The summed E-state index contributed by atoms with van der Waals surface area (Å²) in [5, 5.41) is 4.50. The number of rotatable bonds is 2. The summed E-state index contributed by atoms with van der Waals surface area (Å²) in [5.41, 5.74) is 5.19. The first-order valence-corrected chi connectivity index (χ1v) is 8.56. The number of hydrogen-bond donors (Lipinski definition) is 1. The molecular weight excluding hydrogens is 346 g/mol. The molecule has 1 heterocycles. The van der Waals surface area contributed by atoms with E-state index in [4.69, 9.17) is 11.6 Å². The summed E-state index contributed by atoms with van der Waals surface area (Å²) in [5.74, 6) is 0.549. The number of hydrogen-bond acceptors (Lipinski definition) is 1. The molecule has 0 amide bonds. The second-order valence-electron chi connectivity index (χ2n) is 5.95. The average molecular weight is 365 g/mol. The Morgan fingerprint density at radius 2 is 2.00 bits per heavy atom. The van der Waals surface area contributed by atoms with Gasteiger partial charge in [-0.25, -0.2) is 0 Å². The van der Waals surface area contributed by atoms with Gasteiger partial charge in [-0.1, -0.05) is 49.7 Å². The maximum atomic E-state index is 6.34. The van der Waals surface area contributed by atoms with E-state index in [0.29, 0.717) is 5.92 Å². The summed E-state index contributed by atoms with van der Waals surface area (Å²) in [6.45, 7) is 4.47. The highest BCUT2D eigenvalue weighted by atomic mass is 79.9. The second kappa shape index (κ2) is 6.02. The van der Waals surface area contributed by atoms with E-state index >= 15 is 0 Å². The van der Waals surface area contributed by atoms with Gasteiger partial charge < -0.3 is 5.32 Å². The molecule has 1 atom stereocenters. The minimum absolute atomic E-state index is 0.285. The SMILES string of the molecule is CC(C)c1cc(Br)c2c(c1)CCC(c1ccccc1Cl)N2. The minimum atomic E-state index is 0.285. The van der Waals surface area contributed by atoms with E-state index < -0.39 is 0 Å². The first-order valence-electron chi connectivity index (χ1n) is 7.39. The molecule has 2 aromatic rings. The Balaban J connectivity index is 1.94. The molecule has 21 heavy (non-hydrogen) atoms. The molecule has 110 valence electrons. The molecule has 3 rings (SSSR count). The Hall–Kier alpha value is -0.990. The number of benzene rings is 2. The van der Waals surface area contributed by atoms with Crippen LogP contribution in [0.1, 0.15) is 48.9 Å². The summed E-state index contributed by atoms with van der Waals surface area (Å²) in [6, 6.07) is 13.0. The van der Waals surface area contributed by atoms with Gasteiger partial charge in [0.15, 0.2) is 0 Å². The third kappa shape index (κ3) is 2.97. The van der Waals surface area contributed by atoms with E-state index in [9.17, 15) is 0 Å². The molecule has 1 aliphatic rings. The number of nitrogens with one attached hydrogen (secondary N) is 1. The van der Waals surface area contributed by atoms with Crippen molar-refractivity contribution in [2.75, 3.05) is 5.32 Å². The lowest BCUT2D eigenvalue weighted by atomic mass is 9.90. The lowest BCUT2D eigenvalue weighted by Gasteiger charge is -2.29. The van der Waals surface area contributed by atoms with Crippen LogP contribution >= 0.6 is 27.5 Å². The largest absolute Gasteiger partial charge is 0.377 e. The van der Waals surface area contributed by atoms with Crippen LogP contribution in [0, 0.1) is 0 Å². The third-order valence-corrected chi connectivity index (χ3v) is 5.13. The topological polar surface area (TPSA) is 12.0 Å². The molecule has 0 aromatic heterocycles. The van der Waals surface area contributed by atoms with Gasteiger partial charge in [0, 0.05) is 9.50 Å². The van der Waals surface area contributed by atoms with Crippen molar-refractivity contribution >= 4 is 33.2 Å². The predicted octanol–water partition coefficient (Wildman–Crippen LogP) is 6.33. The molecule has 1 unspecified atom stereocenters. The van der Waals surface area contributed by atoms with Crippen LogP contribution in [0.3, 0.4) is 0 Å². The standard InChI is InChI=1S/C18H19BrClN/c1-11(2)13-9-12-7-8-17(21-18(12)15(19)10-13)14-5-3-4-6-16(14)20/h3-6,9-11,17,21H,7-8H2,1-2H3. The van der Waals surface area contributed by atoms with Crippen LogP contribution in [0.2, 0.25) is 5.02 Å². The molecule has 0 fully saturated rings. The van der Waals surface area contributed by atoms with E-state index in [0.717, 1.165) is 22.3 Å². The molecule has 3 heteroatoms. The Labute approximate surface area is 139 Å². The van der Waals surface area contributed by atoms with Crippen molar-refractivity contribution in [3.8, 4) is 0 Å². The van der Waals surface area contributed by atoms with Crippen molar-refractivity contribution in [1.82, 2.24) is 0 Å². The number of halogens is 2. The fraction of sp³-hybridized carbons (Fsp3) is 0.333. The first kappa shape index (κ1) is 14.9. The summed E-state index contributed by atoms with van der Waals surface area (Å²) < 4.78 is 1.15. The van der Waals surface area contributed by atoms with Crippen molar-refractivity contribution in [2.45, 2.75) is 38.6 Å². The lowest BCUT2D eigenvalue weighted by molar-refractivity contribution is 0.665. The van der Waals surface area contributed by atoms with E-state index in [-0.39, 0.29) is 6.04 Å². The maximum absolute atomic E-state index is 6.34. The average Bonchev–Trinajstić information content (AvgIpc) is 2.47. The molecule has 0 saturated heterocycles. The minimum Gasteiger partial charge on any atom is -0.377 e. The molecule has 0 spiro atoms. The monoisotopic (exact) mass is 363 g/mol. The first-order chi connectivity index (χ1) is 10.1. The molecular formula is C18H19BrClN. The Bertz CT molecular complexity index is 666. The van der Waals surface area contributed by atoms with Gasteiger partial charge in [-0.15, -0.1) is 0 Å². The van der Waals surface area contributed by atoms with Gasteiger partial charge in [0.05, 0.1) is 11.7 Å². The van der Waals surface area contributed by atoms with E-state index in [1.807, 2.05) is 12.1 Å². The van der Waals surface area contributed by atoms with Gasteiger partial charge in [0.2, 0.25) is 0 Å². The van der Waals surface area contributed by atoms with Gasteiger partial charge in [-0.2, -0.15) is 0 Å². The van der Waals surface area contributed by atoms with Crippen molar-refractivity contribution in [2.24, 2.45) is 0 Å². The summed E-state index contributed by atoms with van der Waals surface area (Å²) in [4.78, 5) is 0. The number of anilines is 1. The third-order valence-electron chi connectivity index (χ3n) is 4.16. The molecule has 0 radical (unpaired) electrons. The zero-order valence-electron chi connectivity index (χ0n) is 12.3. The van der Waals surface area contributed by atoms with Crippen molar-refractivity contribution in [3.05, 3.63) is 62.6 Å². The van der Waals surface area contributed by atoms with Crippen molar-refractivity contribution in [3.63, 3.8) is 0 Å². The predicted molar refractivity (Wildman–Crippen MR) is 94.4 cm³/mol. The normalized spacial score (nSPS) is 17.5. The van der Waals surface area contributed by atoms with Gasteiger partial charge in [-0.3, -0.25) is 0 Å². The smallest absolute Gasteiger partial charge is 0.0532 e. The summed E-state index contributed by atoms with van der Waals surface area (Å²) >= 11 is 10.1. The Morgan fingerprint density at radius 1 is 1.24 bits per heavy atom. The molecule has 0 aliphatic carbocycles. The highest BCUT2D eigenvalue weighted by molar-refractivity contribution is 9.10. The highest BCUT2D eigenvalue weighted by Gasteiger charge is 2.23. The number of aryl methyl sites for hydroxylation is 1. The van der Waals surface area contributed by atoms with Crippen LogP contribution in [-0.4, -0.2) is 0 Å². The fourth-order valence-corrected chi connectivity index (χ4v) is 3.82. The molecule has 1 N–H and O–H groups in total. The molecule has 2 aromatic carbocycles. The Kier molecular flexibility index (Phi) is 4.28. The zero-order valence-corrected chi connectivity index (χ0v) is 14.6. The molecule has 0 bridgehead atoms. The van der Waals surface area contributed by atoms with E-state index in [1.165, 1.54) is 22.4 Å². The second-order valence-corrected chi connectivity index (χ2v) is 7.21. The fourth-order valence-electron chi connectivity index (χ4n) is 2.92. The molecule has 1 nitrogen and oxygen atoms in total. The van der Waals surface area contributed by atoms with Crippen LogP contribution in [0.15, 0.2) is 40.9 Å². The van der Waals surface area contributed by atoms with E-state index in [2.05, 4.69) is 59.4 Å². The summed E-state index contributed by atoms with van der Waals surface area (Å²) in [6.07, 6.45) is 2.15. The van der Waals surface area contributed by atoms with Gasteiger partial charge in [0.1, 0.15) is 0 Å². The Morgan fingerprint density at radius 3 is 2.71 bits per heavy atom. The van der Waals surface area contributed by atoms with Crippen LogP contribution in [0.5, 0.6) is 0 Å². The van der Waals surface area contributed by atoms with Crippen molar-refractivity contribution < 1.29 is 0 Å². The lowest BCUT2D eigenvalue weighted by Crippen LogP contribution is -2.19. The van der Waals surface area contributed by atoms with Gasteiger partial charge in [0.25, 0.3) is 0 Å². The van der Waals surface area contributed by atoms with E-state index in [1.54, 1.807) is 0 Å². The molecule has 0 saturated carbocycles. The van der Waals surface area contributed by atoms with Crippen LogP contribution < -0.4 is 5.32 Å². The molecule has 1 aliphatic heterocycles.